The number of amides is 1. The van der Waals surface area contributed by atoms with Crippen molar-refractivity contribution in [3.8, 4) is 0 Å². The molecule has 2 heterocycles. The monoisotopic (exact) mass is 301 g/mol. The molecule has 19 heavy (non-hydrogen) atoms. The summed E-state index contributed by atoms with van der Waals surface area (Å²) in [5.41, 5.74) is 0.498. The van der Waals surface area contributed by atoms with Crippen LogP contribution in [-0.4, -0.2) is 53.4 Å². The van der Waals surface area contributed by atoms with E-state index in [9.17, 15) is 4.79 Å². The largest absolute Gasteiger partial charge is 0.336 e. The summed E-state index contributed by atoms with van der Waals surface area (Å²) in [4.78, 5) is 20.4. The summed E-state index contributed by atoms with van der Waals surface area (Å²) in [6, 6.07) is 1.58. The molecular weight excluding hydrogens is 285 g/mol. The molecule has 1 amide bonds. The van der Waals surface area contributed by atoms with Gasteiger partial charge < -0.3 is 4.90 Å². The first-order valence-electron chi connectivity index (χ1n) is 6.44. The SMILES string of the molecule is CCCN1CCN(C(=O)c2cnc(Cl)c(Cl)c2)CC1. The van der Waals surface area contributed by atoms with E-state index < -0.39 is 0 Å². The van der Waals surface area contributed by atoms with Crippen LogP contribution in [0, 0.1) is 0 Å². The highest BCUT2D eigenvalue weighted by atomic mass is 35.5. The Hall–Kier alpha value is -0.840. The maximum absolute atomic E-state index is 12.3. The van der Waals surface area contributed by atoms with Crippen LogP contribution in [0.25, 0.3) is 0 Å². The van der Waals surface area contributed by atoms with Crippen molar-refractivity contribution in [3.05, 3.63) is 28.0 Å². The molecule has 0 aliphatic carbocycles. The molecule has 1 aromatic rings. The van der Waals surface area contributed by atoms with Gasteiger partial charge >= 0.3 is 0 Å². The normalized spacial score (nSPS) is 16.7. The van der Waals surface area contributed by atoms with E-state index in [-0.39, 0.29) is 11.1 Å². The number of hydrogen-bond acceptors (Lipinski definition) is 3. The highest BCUT2D eigenvalue weighted by Gasteiger charge is 2.22. The predicted octanol–water partition coefficient (Wildman–Crippen LogP) is 2.56. The summed E-state index contributed by atoms with van der Waals surface area (Å²) in [7, 11) is 0. The molecule has 0 bridgehead atoms. The van der Waals surface area contributed by atoms with Crippen molar-refractivity contribution in [2.24, 2.45) is 0 Å². The van der Waals surface area contributed by atoms with Gasteiger partial charge in [-0.25, -0.2) is 4.98 Å². The molecule has 6 heteroatoms. The number of aromatic nitrogens is 1. The minimum absolute atomic E-state index is 0.0257. The molecule has 0 unspecified atom stereocenters. The average molecular weight is 302 g/mol. The third-order valence-electron chi connectivity index (χ3n) is 3.24. The van der Waals surface area contributed by atoms with Gasteiger partial charge in [0.15, 0.2) is 0 Å². The van der Waals surface area contributed by atoms with Crippen molar-refractivity contribution >= 4 is 29.1 Å². The lowest BCUT2D eigenvalue weighted by Crippen LogP contribution is -2.48. The second kappa shape index (κ2) is 6.55. The van der Waals surface area contributed by atoms with Gasteiger partial charge in [0.2, 0.25) is 0 Å². The Morgan fingerprint density at radius 1 is 1.32 bits per heavy atom. The van der Waals surface area contributed by atoms with Crippen molar-refractivity contribution in [2.45, 2.75) is 13.3 Å². The molecule has 0 saturated carbocycles. The number of carbonyl (C=O) groups excluding carboxylic acids is 1. The van der Waals surface area contributed by atoms with Crippen LogP contribution in [-0.2, 0) is 0 Å². The third kappa shape index (κ3) is 3.59. The Morgan fingerprint density at radius 2 is 2.00 bits per heavy atom. The molecule has 1 fully saturated rings. The molecule has 1 saturated heterocycles. The van der Waals surface area contributed by atoms with Gasteiger partial charge in [0.25, 0.3) is 5.91 Å². The van der Waals surface area contributed by atoms with Gasteiger partial charge in [-0.2, -0.15) is 0 Å². The lowest BCUT2D eigenvalue weighted by molar-refractivity contribution is 0.0637. The van der Waals surface area contributed by atoms with Crippen LogP contribution in [0.5, 0.6) is 0 Å². The number of halogens is 2. The van der Waals surface area contributed by atoms with Gasteiger partial charge in [0, 0.05) is 32.4 Å². The fourth-order valence-corrected chi connectivity index (χ4v) is 2.48. The van der Waals surface area contributed by atoms with Crippen molar-refractivity contribution in [3.63, 3.8) is 0 Å². The molecule has 0 atom stereocenters. The highest BCUT2D eigenvalue weighted by Crippen LogP contribution is 2.20. The summed E-state index contributed by atoms with van der Waals surface area (Å²) in [5.74, 6) is -0.0257. The van der Waals surface area contributed by atoms with Gasteiger partial charge in [-0.15, -0.1) is 0 Å². The van der Waals surface area contributed by atoms with Crippen molar-refractivity contribution in [1.29, 1.82) is 0 Å². The molecule has 104 valence electrons. The number of piperazine rings is 1. The molecule has 1 aliphatic heterocycles. The van der Waals surface area contributed by atoms with Crippen LogP contribution in [0.2, 0.25) is 10.2 Å². The maximum Gasteiger partial charge on any atom is 0.255 e. The summed E-state index contributed by atoms with van der Waals surface area (Å²) < 4.78 is 0. The Kier molecular flexibility index (Phi) is 5.02. The summed E-state index contributed by atoms with van der Waals surface area (Å²) in [6.07, 6.45) is 2.62. The Morgan fingerprint density at radius 3 is 2.58 bits per heavy atom. The van der Waals surface area contributed by atoms with E-state index in [1.54, 1.807) is 6.07 Å². The zero-order valence-corrected chi connectivity index (χ0v) is 12.4. The zero-order valence-electron chi connectivity index (χ0n) is 10.9. The van der Waals surface area contributed by atoms with Crippen LogP contribution >= 0.6 is 23.2 Å². The first-order valence-corrected chi connectivity index (χ1v) is 7.20. The zero-order chi connectivity index (χ0) is 13.8. The quantitative estimate of drug-likeness (QED) is 0.805. The molecule has 0 radical (unpaired) electrons. The van der Waals surface area contributed by atoms with E-state index in [2.05, 4.69) is 16.8 Å². The lowest BCUT2D eigenvalue weighted by atomic mass is 10.2. The van der Waals surface area contributed by atoms with Gasteiger partial charge in [-0.1, -0.05) is 30.1 Å². The number of pyridine rings is 1. The molecule has 4 nitrogen and oxygen atoms in total. The molecule has 1 aromatic heterocycles. The van der Waals surface area contributed by atoms with E-state index >= 15 is 0 Å². The van der Waals surface area contributed by atoms with E-state index in [0.29, 0.717) is 10.6 Å². The predicted molar refractivity (Wildman–Crippen MR) is 76.9 cm³/mol. The van der Waals surface area contributed by atoms with Gasteiger partial charge in [0.1, 0.15) is 5.15 Å². The first-order chi connectivity index (χ1) is 9.11. The van der Waals surface area contributed by atoms with Crippen LogP contribution in [0.4, 0.5) is 0 Å². The third-order valence-corrected chi connectivity index (χ3v) is 3.93. The number of rotatable bonds is 3. The average Bonchev–Trinajstić information content (AvgIpc) is 2.42. The molecule has 2 rings (SSSR count). The van der Waals surface area contributed by atoms with Gasteiger partial charge in [-0.3, -0.25) is 9.69 Å². The van der Waals surface area contributed by atoms with Crippen LogP contribution in [0.1, 0.15) is 23.7 Å². The fourth-order valence-electron chi connectivity index (χ4n) is 2.21. The second-order valence-electron chi connectivity index (χ2n) is 4.63. The number of carbonyl (C=O) groups is 1. The smallest absolute Gasteiger partial charge is 0.255 e. The number of nitrogens with zero attached hydrogens (tertiary/aromatic N) is 3. The van der Waals surface area contributed by atoms with E-state index in [1.165, 1.54) is 6.20 Å². The van der Waals surface area contributed by atoms with Crippen molar-refractivity contribution in [2.75, 3.05) is 32.7 Å². The molecule has 1 aliphatic rings. The molecule has 0 spiro atoms. The van der Waals surface area contributed by atoms with Crippen LogP contribution in [0.15, 0.2) is 12.3 Å². The van der Waals surface area contributed by atoms with Crippen LogP contribution < -0.4 is 0 Å². The van der Waals surface area contributed by atoms with Crippen LogP contribution in [0.3, 0.4) is 0 Å². The standard InChI is InChI=1S/C13H17Cl2N3O/c1-2-3-17-4-6-18(7-5-17)13(19)10-8-11(14)12(15)16-9-10/h8-9H,2-7H2,1H3. The summed E-state index contributed by atoms with van der Waals surface area (Å²) in [5, 5.41) is 0.545. The molecule has 0 aromatic carbocycles. The highest BCUT2D eigenvalue weighted by molar-refractivity contribution is 6.41. The van der Waals surface area contributed by atoms with E-state index in [0.717, 1.165) is 39.1 Å². The van der Waals surface area contributed by atoms with E-state index in [4.69, 9.17) is 23.2 Å². The molecular formula is C13H17Cl2N3O. The maximum atomic E-state index is 12.3. The minimum Gasteiger partial charge on any atom is -0.336 e. The Labute approximate surface area is 123 Å². The molecule has 0 N–H and O–H groups in total. The van der Waals surface area contributed by atoms with E-state index in [1.807, 2.05) is 4.90 Å². The Bertz CT molecular complexity index is 459. The number of hydrogen-bond donors (Lipinski definition) is 0. The van der Waals surface area contributed by atoms with Crippen molar-refractivity contribution < 1.29 is 4.79 Å². The van der Waals surface area contributed by atoms with Gasteiger partial charge in [-0.05, 0) is 19.0 Å². The lowest BCUT2D eigenvalue weighted by Gasteiger charge is -2.34. The first kappa shape index (κ1) is 14.6. The minimum atomic E-state index is -0.0257. The Balaban J connectivity index is 1.99. The van der Waals surface area contributed by atoms with Crippen molar-refractivity contribution in [1.82, 2.24) is 14.8 Å². The fraction of sp³-hybridized carbons (Fsp3) is 0.538. The topological polar surface area (TPSA) is 36.4 Å². The van der Waals surface area contributed by atoms with Gasteiger partial charge in [0.05, 0.1) is 10.6 Å². The summed E-state index contributed by atoms with van der Waals surface area (Å²) in [6.45, 7) is 6.61. The summed E-state index contributed by atoms with van der Waals surface area (Å²) >= 11 is 11.6. The second-order valence-corrected chi connectivity index (χ2v) is 5.40.